The van der Waals surface area contributed by atoms with Crippen molar-refractivity contribution in [3.05, 3.63) is 76.2 Å². The average Bonchev–Trinajstić information content (AvgIpc) is 2.98. The van der Waals surface area contributed by atoms with Crippen LogP contribution in [0.1, 0.15) is 32.9 Å². The van der Waals surface area contributed by atoms with Crippen molar-refractivity contribution in [3.8, 4) is 0 Å². The Morgan fingerprint density at radius 2 is 1.80 bits per heavy atom. The van der Waals surface area contributed by atoms with Gasteiger partial charge in [0.2, 0.25) is 5.89 Å². The SMILES string of the molecule is Cc1ccc(Cc2nnc(NC(=O)c3c(F)cccc3F)o2)cc1C. The molecular formula is C18H15F2N3O2. The first-order valence-corrected chi connectivity index (χ1v) is 7.58. The smallest absolute Gasteiger partial charge is 0.322 e. The van der Waals surface area contributed by atoms with Crippen molar-refractivity contribution in [2.75, 3.05) is 5.32 Å². The summed E-state index contributed by atoms with van der Waals surface area (Å²) in [6.45, 7) is 4.02. The van der Waals surface area contributed by atoms with Gasteiger partial charge in [0.15, 0.2) is 0 Å². The van der Waals surface area contributed by atoms with E-state index in [-0.39, 0.29) is 11.9 Å². The number of amides is 1. The first kappa shape index (κ1) is 16.8. The van der Waals surface area contributed by atoms with Crippen LogP contribution in [0.5, 0.6) is 0 Å². The molecule has 1 aromatic heterocycles. The molecule has 0 saturated carbocycles. The van der Waals surface area contributed by atoms with E-state index in [9.17, 15) is 13.6 Å². The number of halogens is 2. The molecule has 0 saturated heterocycles. The van der Waals surface area contributed by atoms with Crippen LogP contribution < -0.4 is 5.32 Å². The number of aryl methyl sites for hydroxylation is 2. The first-order chi connectivity index (χ1) is 11.9. The fourth-order valence-corrected chi connectivity index (χ4v) is 2.34. The van der Waals surface area contributed by atoms with E-state index in [1.54, 1.807) is 0 Å². The quantitative estimate of drug-likeness (QED) is 0.782. The third-order valence-electron chi connectivity index (χ3n) is 3.80. The minimum absolute atomic E-state index is 0.216. The highest BCUT2D eigenvalue weighted by Crippen LogP contribution is 2.17. The predicted octanol–water partition coefficient (Wildman–Crippen LogP) is 3.81. The van der Waals surface area contributed by atoms with Crippen LogP contribution in [0.4, 0.5) is 14.8 Å². The molecule has 3 rings (SSSR count). The molecule has 128 valence electrons. The third-order valence-corrected chi connectivity index (χ3v) is 3.80. The Kier molecular flexibility index (Phi) is 4.56. The van der Waals surface area contributed by atoms with E-state index in [1.165, 1.54) is 11.6 Å². The van der Waals surface area contributed by atoms with Gasteiger partial charge in [-0.1, -0.05) is 29.4 Å². The lowest BCUT2D eigenvalue weighted by molar-refractivity contribution is 0.101. The lowest BCUT2D eigenvalue weighted by Gasteiger charge is -2.03. The number of hydrogen-bond donors (Lipinski definition) is 1. The standard InChI is InChI=1S/C18H15F2N3O2/c1-10-6-7-12(8-11(10)2)9-15-22-23-18(25-15)21-17(24)16-13(19)4-3-5-14(16)20/h3-8H,9H2,1-2H3,(H,21,23,24). The van der Waals surface area contributed by atoms with Crippen LogP contribution in [0, 0.1) is 25.5 Å². The van der Waals surface area contributed by atoms with Crippen molar-refractivity contribution in [1.82, 2.24) is 10.2 Å². The summed E-state index contributed by atoms with van der Waals surface area (Å²) in [4.78, 5) is 12.0. The molecule has 2 aromatic carbocycles. The van der Waals surface area contributed by atoms with E-state index in [0.717, 1.165) is 23.3 Å². The summed E-state index contributed by atoms with van der Waals surface area (Å²) in [6.07, 6.45) is 0.387. The number of nitrogens with zero attached hydrogens (tertiary/aromatic N) is 2. The predicted molar refractivity (Wildman–Crippen MR) is 87.3 cm³/mol. The zero-order valence-corrected chi connectivity index (χ0v) is 13.6. The van der Waals surface area contributed by atoms with Crippen LogP contribution in [-0.4, -0.2) is 16.1 Å². The number of hydrogen-bond acceptors (Lipinski definition) is 4. The molecule has 25 heavy (non-hydrogen) atoms. The van der Waals surface area contributed by atoms with E-state index >= 15 is 0 Å². The number of carbonyl (C=O) groups excluding carboxylic acids is 1. The summed E-state index contributed by atoms with van der Waals surface area (Å²) in [5.41, 5.74) is 2.59. The second-order valence-electron chi connectivity index (χ2n) is 5.65. The van der Waals surface area contributed by atoms with Crippen LogP contribution in [-0.2, 0) is 6.42 Å². The zero-order chi connectivity index (χ0) is 18.0. The van der Waals surface area contributed by atoms with Gasteiger partial charge < -0.3 is 4.42 Å². The fraction of sp³-hybridized carbons (Fsp3) is 0.167. The summed E-state index contributed by atoms with van der Waals surface area (Å²) >= 11 is 0. The van der Waals surface area contributed by atoms with Crippen molar-refractivity contribution >= 4 is 11.9 Å². The van der Waals surface area contributed by atoms with Gasteiger partial charge in [-0.3, -0.25) is 10.1 Å². The van der Waals surface area contributed by atoms with Crippen molar-refractivity contribution in [1.29, 1.82) is 0 Å². The van der Waals surface area contributed by atoms with Crippen LogP contribution in [0.25, 0.3) is 0 Å². The van der Waals surface area contributed by atoms with Crippen LogP contribution in [0.2, 0.25) is 0 Å². The van der Waals surface area contributed by atoms with Gasteiger partial charge >= 0.3 is 6.01 Å². The van der Waals surface area contributed by atoms with Gasteiger partial charge in [-0.05, 0) is 42.7 Å². The minimum Gasteiger partial charge on any atom is -0.407 e. The highest BCUT2D eigenvalue weighted by Gasteiger charge is 2.19. The maximum atomic E-state index is 13.6. The Morgan fingerprint density at radius 3 is 2.48 bits per heavy atom. The number of aromatic nitrogens is 2. The number of benzene rings is 2. The largest absolute Gasteiger partial charge is 0.407 e. The molecule has 1 amide bonds. The highest BCUT2D eigenvalue weighted by atomic mass is 19.1. The molecule has 0 radical (unpaired) electrons. The Hall–Kier alpha value is -3.09. The summed E-state index contributed by atoms with van der Waals surface area (Å²) < 4.78 is 32.5. The molecule has 0 aliphatic heterocycles. The molecule has 0 bridgehead atoms. The molecule has 5 nitrogen and oxygen atoms in total. The van der Waals surface area contributed by atoms with E-state index in [4.69, 9.17) is 4.42 Å². The Morgan fingerprint density at radius 1 is 1.08 bits per heavy atom. The molecule has 0 unspecified atom stereocenters. The van der Waals surface area contributed by atoms with Gasteiger partial charge in [0, 0.05) is 0 Å². The Labute approximate surface area is 142 Å². The first-order valence-electron chi connectivity index (χ1n) is 7.58. The maximum Gasteiger partial charge on any atom is 0.322 e. The van der Waals surface area contributed by atoms with E-state index in [0.29, 0.717) is 6.42 Å². The van der Waals surface area contributed by atoms with E-state index in [1.807, 2.05) is 32.0 Å². The molecule has 0 spiro atoms. The third kappa shape index (κ3) is 3.71. The van der Waals surface area contributed by atoms with Crippen molar-refractivity contribution in [2.24, 2.45) is 0 Å². The zero-order valence-electron chi connectivity index (χ0n) is 13.6. The van der Waals surface area contributed by atoms with E-state index in [2.05, 4.69) is 15.5 Å². The molecule has 3 aromatic rings. The number of carbonyl (C=O) groups is 1. The average molecular weight is 343 g/mol. The van der Waals surface area contributed by atoms with Crippen LogP contribution in [0.15, 0.2) is 40.8 Å². The van der Waals surface area contributed by atoms with Crippen LogP contribution >= 0.6 is 0 Å². The number of nitrogens with one attached hydrogen (secondary N) is 1. The normalized spacial score (nSPS) is 10.7. The van der Waals surface area contributed by atoms with Gasteiger partial charge in [-0.15, -0.1) is 5.10 Å². The van der Waals surface area contributed by atoms with Gasteiger partial charge in [0.05, 0.1) is 6.42 Å². The van der Waals surface area contributed by atoms with Crippen molar-refractivity contribution in [2.45, 2.75) is 20.3 Å². The molecule has 0 fully saturated rings. The van der Waals surface area contributed by atoms with Gasteiger partial charge in [0.1, 0.15) is 17.2 Å². The molecule has 7 heteroatoms. The summed E-state index contributed by atoms with van der Waals surface area (Å²) in [5.74, 6) is -2.63. The lowest BCUT2D eigenvalue weighted by Crippen LogP contribution is -2.16. The van der Waals surface area contributed by atoms with Crippen molar-refractivity contribution in [3.63, 3.8) is 0 Å². The lowest BCUT2D eigenvalue weighted by atomic mass is 10.0. The maximum absolute atomic E-state index is 13.6. The summed E-state index contributed by atoms with van der Waals surface area (Å²) in [6, 6.07) is 8.90. The topological polar surface area (TPSA) is 68.0 Å². The van der Waals surface area contributed by atoms with Crippen LogP contribution in [0.3, 0.4) is 0 Å². The molecule has 1 heterocycles. The highest BCUT2D eigenvalue weighted by molar-refractivity contribution is 6.03. The Bertz CT molecular complexity index is 918. The molecule has 0 aliphatic carbocycles. The van der Waals surface area contributed by atoms with Gasteiger partial charge in [-0.2, -0.15) is 0 Å². The molecule has 1 N–H and O–H groups in total. The monoisotopic (exact) mass is 343 g/mol. The van der Waals surface area contributed by atoms with Gasteiger partial charge in [0.25, 0.3) is 5.91 Å². The van der Waals surface area contributed by atoms with Crippen molar-refractivity contribution < 1.29 is 18.0 Å². The molecule has 0 aliphatic rings. The number of anilines is 1. The van der Waals surface area contributed by atoms with Gasteiger partial charge in [-0.25, -0.2) is 8.78 Å². The molecule has 0 atom stereocenters. The summed E-state index contributed by atoms with van der Waals surface area (Å²) in [7, 11) is 0. The minimum atomic E-state index is -0.989. The second kappa shape index (κ2) is 6.80. The van der Waals surface area contributed by atoms with E-state index < -0.39 is 23.1 Å². The summed E-state index contributed by atoms with van der Waals surface area (Å²) in [5, 5.41) is 9.73. The second-order valence-corrected chi connectivity index (χ2v) is 5.65. The Balaban J connectivity index is 1.73. The fourth-order valence-electron chi connectivity index (χ4n) is 2.34. The molecular weight excluding hydrogens is 328 g/mol. The number of rotatable bonds is 4.